The Bertz CT molecular complexity index is 215. The average Bonchev–Trinajstić information content (AvgIpc) is 2.62. The van der Waals surface area contributed by atoms with E-state index in [1.54, 1.807) is 0 Å². The first-order valence-electron chi connectivity index (χ1n) is 4.35. The third kappa shape index (κ3) is 2.69. The van der Waals surface area contributed by atoms with Gasteiger partial charge in [0.2, 0.25) is 0 Å². The molecule has 0 aromatic rings. The van der Waals surface area contributed by atoms with E-state index < -0.39 is 0 Å². The van der Waals surface area contributed by atoms with Crippen LogP contribution in [0.5, 0.6) is 0 Å². The molecular weight excluding hydrogens is 170 g/mol. The maximum absolute atomic E-state index is 11.1. The molecule has 0 aliphatic carbocycles. The average molecular weight is 185 g/mol. The molecule has 1 aliphatic heterocycles. The number of methoxy groups -OCH3 is 1. The van der Waals surface area contributed by atoms with Crippen LogP contribution in [-0.4, -0.2) is 38.0 Å². The number of nitrogens with zero attached hydrogens (tertiary/aromatic N) is 1. The van der Waals surface area contributed by atoms with Crippen molar-refractivity contribution in [3.8, 4) is 0 Å². The Morgan fingerprint density at radius 3 is 3.23 bits per heavy atom. The van der Waals surface area contributed by atoms with Gasteiger partial charge < -0.3 is 15.8 Å². The van der Waals surface area contributed by atoms with Gasteiger partial charge in [-0.15, -0.1) is 0 Å². The second-order valence-corrected chi connectivity index (χ2v) is 2.90. The van der Waals surface area contributed by atoms with E-state index in [4.69, 9.17) is 5.73 Å². The van der Waals surface area contributed by atoms with Crippen LogP contribution in [0.4, 0.5) is 0 Å². The summed E-state index contributed by atoms with van der Waals surface area (Å²) >= 11 is 0. The topological polar surface area (TPSA) is 76.7 Å². The Balaban J connectivity index is 2.29. The molecule has 0 amide bonds. The molecule has 0 aromatic carbocycles. The lowest BCUT2D eigenvalue weighted by atomic mass is 10.3. The van der Waals surface area contributed by atoms with Crippen LogP contribution in [0, 0.1) is 0 Å². The Morgan fingerprint density at radius 2 is 2.62 bits per heavy atom. The minimum Gasteiger partial charge on any atom is -0.467 e. The van der Waals surface area contributed by atoms with Crippen molar-refractivity contribution < 1.29 is 9.53 Å². The lowest BCUT2D eigenvalue weighted by Gasteiger charge is -2.08. The van der Waals surface area contributed by atoms with Crippen molar-refractivity contribution in [2.24, 2.45) is 10.7 Å². The van der Waals surface area contributed by atoms with Crippen molar-refractivity contribution in [1.29, 1.82) is 0 Å². The Morgan fingerprint density at radius 1 is 1.85 bits per heavy atom. The van der Waals surface area contributed by atoms with Crippen LogP contribution >= 0.6 is 0 Å². The van der Waals surface area contributed by atoms with E-state index in [1.165, 1.54) is 7.11 Å². The SMILES string of the molecule is COC(=O)C1CN=C(CCCN)N1. The third-order valence-corrected chi connectivity index (χ3v) is 1.91. The van der Waals surface area contributed by atoms with Gasteiger partial charge in [-0.1, -0.05) is 0 Å². The van der Waals surface area contributed by atoms with E-state index in [2.05, 4.69) is 15.0 Å². The van der Waals surface area contributed by atoms with Gasteiger partial charge in [0.1, 0.15) is 6.04 Å². The number of aliphatic imine (C=N–C) groups is 1. The van der Waals surface area contributed by atoms with Gasteiger partial charge in [0.25, 0.3) is 0 Å². The third-order valence-electron chi connectivity index (χ3n) is 1.91. The van der Waals surface area contributed by atoms with Gasteiger partial charge in [-0.25, -0.2) is 4.79 Å². The fraction of sp³-hybridized carbons (Fsp3) is 0.750. The number of carbonyl (C=O) groups is 1. The molecule has 0 bridgehead atoms. The minimum atomic E-state index is -0.294. The number of nitrogens with two attached hydrogens (primary N) is 1. The van der Waals surface area contributed by atoms with Crippen molar-refractivity contribution in [2.45, 2.75) is 18.9 Å². The van der Waals surface area contributed by atoms with Crippen molar-refractivity contribution >= 4 is 11.8 Å². The molecule has 0 spiro atoms. The van der Waals surface area contributed by atoms with E-state index >= 15 is 0 Å². The summed E-state index contributed by atoms with van der Waals surface area (Å²) in [4.78, 5) is 15.2. The van der Waals surface area contributed by atoms with E-state index in [0.29, 0.717) is 13.1 Å². The molecule has 3 N–H and O–H groups in total. The standard InChI is InChI=1S/C8H15N3O2/c1-13-8(12)6-5-10-7(11-6)3-2-4-9/h6H,2-5,9H2,1H3,(H,10,11). The zero-order valence-electron chi connectivity index (χ0n) is 7.75. The van der Waals surface area contributed by atoms with Crippen molar-refractivity contribution in [1.82, 2.24) is 5.32 Å². The number of amidine groups is 1. The maximum Gasteiger partial charge on any atom is 0.330 e. The molecule has 1 rings (SSSR count). The molecule has 0 fully saturated rings. The summed E-state index contributed by atoms with van der Waals surface area (Å²) in [7, 11) is 1.38. The molecule has 0 saturated heterocycles. The van der Waals surface area contributed by atoms with Crippen LogP contribution in [0.15, 0.2) is 4.99 Å². The van der Waals surface area contributed by atoms with Crippen molar-refractivity contribution in [2.75, 3.05) is 20.2 Å². The predicted octanol–water partition coefficient (Wildman–Crippen LogP) is -0.731. The highest BCUT2D eigenvalue weighted by atomic mass is 16.5. The highest BCUT2D eigenvalue weighted by Gasteiger charge is 2.24. The van der Waals surface area contributed by atoms with Crippen LogP contribution in [-0.2, 0) is 9.53 Å². The van der Waals surface area contributed by atoms with Gasteiger partial charge in [0, 0.05) is 6.42 Å². The molecular formula is C8H15N3O2. The van der Waals surface area contributed by atoms with Crippen LogP contribution in [0.1, 0.15) is 12.8 Å². The second kappa shape index (κ2) is 4.81. The van der Waals surface area contributed by atoms with Gasteiger partial charge in [0.05, 0.1) is 19.5 Å². The fourth-order valence-electron chi connectivity index (χ4n) is 1.19. The molecule has 1 atom stereocenters. The smallest absolute Gasteiger partial charge is 0.330 e. The Kier molecular flexibility index (Phi) is 3.70. The summed E-state index contributed by atoms with van der Waals surface area (Å²) in [6.07, 6.45) is 1.70. The van der Waals surface area contributed by atoms with E-state index in [9.17, 15) is 4.79 Å². The van der Waals surface area contributed by atoms with Crippen LogP contribution in [0.3, 0.4) is 0 Å². The van der Waals surface area contributed by atoms with Gasteiger partial charge in [0.15, 0.2) is 0 Å². The molecule has 0 saturated carbocycles. The van der Waals surface area contributed by atoms with E-state index in [0.717, 1.165) is 18.7 Å². The monoisotopic (exact) mass is 185 g/mol. The Hall–Kier alpha value is -1.10. The first kappa shape index (κ1) is 9.98. The lowest BCUT2D eigenvalue weighted by Crippen LogP contribution is -2.38. The largest absolute Gasteiger partial charge is 0.467 e. The van der Waals surface area contributed by atoms with Gasteiger partial charge in [-0.2, -0.15) is 0 Å². The molecule has 5 heteroatoms. The van der Waals surface area contributed by atoms with Gasteiger partial charge in [-0.3, -0.25) is 4.99 Å². The first-order chi connectivity index (χ1) is 6.27. The summed E-state index contributed by atoms with van der Waals surface area (Å²) in [5.74, 6) is 0.604. The number of hydrogen-bond acceptors (Lipinski definition) is 5. The number of carbonyl (C=O) groups excluding carboxylic acids is 1. The zero-order valence-corrected chi connectivity index (χ0v) is 7.75. The van der Waals surface area contributed by atoms with Crippen LogP contribution < -0.4 is 11.1 Å². The van der Waals surface area contributed by atoms with Gasteiger partial charge in [-0.05, 0) is 13.0 Å². The molecule has 1 unspecified atom stereocenters. The fourth-order valence-corrected chi connectivity index (χ4v) is 1.19. The summed E-state index contributed by atoms with van der Waals surface area (Å²) in [6.45, 7) is 1.12. The molecule has 0 aromatic heterocycles. The number of rotatable bonds is 4. The predicted molar refractivity (Wildman–Crippen MR) is 49.5 cm³/mol. The molecule has 0 radical (unpaired) electrons. The lowest BCUT2D eigenvalue weighted by molar-refractivity contribution is -0.142. The molecule has 74 valence electrons. The summed E-state index contributed by atoms with van der Waals surface area (Å²) in [6, 6.07) is -0.294. The Labute approximate surface area is 77.3 Å². The second-order valence-electron chi connectivity index (χ2n) is 2.90. The van der Waals surface area contributed by atoms with Crippen LogP contribution in [0.2, 0.25) is 0 Å². The van der Waals surface area contributed by atoms with Crippen LogP contribution in [0.25, 0.3) is 0 Å². The van der Waals surface area contributed by atoms with E-state index in [1.807, 2.05) is 0 Å². The minimum absolute atomic E-state index is 0.258. The summed E-state index contributed by atoms with van der Waals surface area (Å²) in [5.41, 5.74) is 5.35. The first-order valence-corrected chi connectivity index (χ1v) is 4.35. The van der Waals surface area contributed by atoms with E-state index in [-0.39, 0.29) is 12.0 Å². The molecule has 5 nitrogen and oxygen atoms in total. The molecule has 13 heavy (non-hydrogen) atoms. The maximum atomic E-state index is 11.1. The molecule has 1 heterocycles. The number of hydrogen-bond donors (Lipinski definition) is 2. The highest BCUT2D eigenvalue weighted by Crippen LogP contribution is 2.02. The summed E-state index contributed by atoms with van der Waals surface area (Å²) < 4.78 is 4.59. The van der Waals surface area contributed by atoms with Crippen molar-refractivity contribution in [3.05, 3.63) is 0 Å². The number of nitrogens with one attached hydrogen (secondary N) is 1. The molecule has 1 aliphatic rings. The highest BCUT2D eigenvalue weighted by molar-refractivity contribution is 5.90. The normalized spacial score (nSPS) is 20.8. The van der Waals surface area contributed by atoms with Gasteiger partial charge >= 0.3 is 5.97 Å². The summed E-state index contributed by atoms with van der Waals surface area (Å²) in [5, 5.41) is 3.00. The van der Waals surface area contributed by atoms with Crippen molar-refractivity contribution in [3.63, 3.8) is 0 Å². The number of esters is 1. The quantitative estimate of drug-likeness (QED) is 0.566. The zero-order chi connectivity index (χ0) is 9.68. The number of ether oxygens (including phenoxy) is 1.